The Balaban J connectivity index is 1.98. The molecular weight excluding hydrogens is 392 g/mol. The van der Waals surface area contributed by atoms with Crippen molar-refractivity contribution in [1.29, 1.82) is 0 Å². The number of ether oxygens (including phenoxy) is 2. The average Bonchev–Trinajstić information content (AvgIpc) is 2.96. The standard InChI is InChI=1S/C25H30N2O4/c1-16(2)31-14-8-13-27-24(28)22(19-9-6-7-10-21(19)30-5)23(25(27)29)26-20-12-11-17(3)15-18(20)4/h6-7,9-12,15-16,26H,8,13-14H2,1-5H3. The summed E-state index contributed by atoms with van der Waals surface area (Å²) in [7, 11) is 1.55. The number of imide groups is 1. The van der Waals surface area contributed by atoms with Crippen LogP contribution < -0.4 is 10.1 Å². The number of methoxy groups -OCH3 is 1. The highest BCUT2D eigenvalue weighted by molar-refractivity contribution is 6.37. The number of aryl methyl sites for hydroxylation is 2. The Morgan fingerprint density at radius 2 is 1.77 bits per heavy atom. The largest absolute Gasteiger partial charge is 0.496 e. The summed E-state index contributed by atoms with van der Waals surface area (Å²) in [4.78, 5) is 28.0. The van der Waals surface area contributed by atoms with E-state index in [2.05, 4.69) is 5.32 Å². The van der Waals surface area contributed by atoms with Crippen LogP contribution in [-0.4, -0.2) is 43.1 Å². The molecule has 0 aromatic heterocycles. The Bertz CT molecular complexity index is 1010. The Labute approximate surface area is 183 Å². The molecule has 0 fully saturated rings. The van der Waals surface area contributed by atoms with E-state index in [1.165, 1.54) is 4.90 Å². The van der Waals surface area contributed by atoms with Crippen LogP contribution >= 0.6 is 0 Å². The molecule has 6 heteroatoms. The van der Waals surface area contributed by atoms with Crippen LogP contribution in [0.1, 0.15) is 37.0 Å². The highest BCUT2D eigenvalue weighted by atomic mass is 16.5. The molecule has 0 saturated heterocycles. The topological polar surface area (TPSA) is 67.9 Å². The first kappa shape index (κ1) is 22.6. The molecule has 1 aliphatic heterocycles. The third-order valence-corrected chi connectivity index (χ3v) is 5.16. The van der Waals surface area contributed by atoms with Crippen molar-refractivity contribution in [2.75, 3.05) is 25.6 Å². The first-order valence-electron chi connectivity index (χ1n) is 10.5. The quantitative estimate of drug-likeness (QED) is 0.482. The lowest BCUT2D eigenvalue weighted by Gasteiger charge is -2.16. The van der Waals surface area contributed by atoms with Crippen LogP contribution in [0.15, 0.2) is 48.2 Å². The van der Waals surface area contributed by atoms with Crippen LogP contribution in [-0.2, 0) is 14.3 Å². The van der Waals surface area contributed by atoms with E-state index in [9.17, 15) is 9.59 Å². The van der Waals surface area contributed by atoms with E-state index in [4.69, 9.17) is 9.47 Å². The van der Waals surface area contributed by atoms with Crippen molar-refractivity contribution in [3.8, 4) is 5.75 Å². The molecule has 0 saturated carbocycles. The van der Waals surface area contributed by atoms with Gasteiger partial charge < -0.3 is 14.8 Å². The molecule has 2 amide bonds. The molecule has 6 nitrogen and oxygen atoms in total. The Morgan fingerprint density at radius 1 is 1.03 bits per heavy atom. The summed E-state index contributed by atoms with van der Waals surface area (Å²) in [5.41, 5.74) is 4.10. The number of amides is 2. The zero-order valence-corrected chi connectivity index (χ0v) is 18.8. The molecule has 2 aromatic rings. The van der Waals surface area contributed by atoms with E-state index in [1.807, 2.05) is 58.0 Å². The molecule has 2 aromatic carbocycles. The molecule has 1 aliphatic rings. The number of anilines is 1. The fourth-order valence-electron chi connectivity index (χ4n) is 3.63. The van der Waals surface area contributed by atoms with Gasteiger partial charge in [-0.15, -0.1) is 0 Å². The highest BCUT2D eigenvalue weighted by Gasteiger charge is 2.40. The third-order valence-electron chi connectivity index (χ3n) is 5.16. The first-order chi connectivity index (χ1) is 14.8. The van der Waals surface area contributed by atoms with Crippen molar-refractivity contribution in [2.45, 2.75) is 40.2 Å². The fourth-order valence-corrected chi connectivity index (χ4v) is 3.63. The number of nitrogens with one attached hydrogen (secondary N) is 1. The monoisotopic (exact) mass is 422 g/mol. The molecule has 0 aliphatic carbocycles. The lowest BCUT2D eigenvalue weighted by molar-refractivity contribution is -0.137. The number of nitrogens with zero attached hydrogens (tertiary/aromatic N) is 1. The van der Waals surface area contributed by atoms with Crippen molar-refractivity contribution in [3.63, 3.8) is 0 Å². The van der Waals surface area contributed by atoms with Crippen molar-refractivity contribution in [1.82, 2.24) is 4.90 Å². The fraction of sp³-hybridized carbons (Fsp3) is 0.360. The van der Waals surface area contributed by atoms with Crippen molar-refractivity contribution in [3.05, 3.63) is 64.9 Å². The van der Waals surface area contributed by atoms with Gasteiger partial charge in [0.25, 0.3) is 11.8 Å². The van der Waals surface area contributed by atoms with Gasteiger partial charge in [-0.2, -0.15) is 0 Å². The lowest BCUT2D eigenvalue weighted by Crippen LogP contribution is -2.34. The maximum absolute atomic E-state index is 13.4. The summed E-state index contributed by atoms with van der Waals surface area (Å²) in [6.07, 6.45) is 0.681. The summed E-state index contributed by atoms with van der Waals surface area (Å²) in [6, 6.07) is 13.2. The average molecular weight is 423 g/mol. The SMILES string of the molecule is COc1ccccc1C1=C(Nc2ccc(C)cc2C)C(=O)N(CCCOC(C)C)C1=O. The Hall–Kier alpha value is -3.12. The predicted octanol–water partition coefficient (Wildman–Crippen LogP) is 4.32. The molecule has 31 heavy (non-hydrogen) atoms. The van der Waals surface area contributed by atoms with Gasteiger partial charge in [0.1, 0.15) is 11.4 Å². The Kier molecular flexibility index (Phi) is 7.13. The molecular formula is C25H30N2O4. The zero-order valence-electron chi connectivity index (χ0n) is 18.8. The van der Waals surface area contributed by atoms with E-state index < -0.39 is 0 Å². The minimum absolute atomic E-state index is 0.106. The maximum Gasteiger partial charge on any atom is 0.278 e. The molecule has 1 heterocycles. The molecule has 0 radical (unpaired) electrons. The predicted molar refractivity (Wildman–Crippen MR) is 122 cm³/mol. The van der Waals surface area contributed by atoms with E-state index in [0.717, 1.165) is 16.8 Å². The van der Waals surface area contributed by atoms with Crippen LogP contribution in [0, 0.1) is 13.8 Å². The van der Waals surface area contributed by atoms with Gasteiger partial charge >= 0.3 is 0 Å². The minimum Gasteiger partial charge on any atom is -0.496 e. The van der Waals surface area contributed by atoms with Gasteiger partial charge in [0.2, 0.25) is 0 Å². The second-order valence-electron chi connectivity index (χ2n) is 7.93. The van der Waals surface area contributed by atoms with E-state index in [0.29, 0.717) is 36.5 Å². The molecule has 0 bridgehead atoms. The van der Waals surface area contributed by atoms with Crippen LogP contribution in [0.25, 0.3) is 5.57 Å². The van der Waals surface area contributed by atoms with Gasteiger partial charge in [0.05, 0.1) is 18.8 Å². The molecule has 0 unspecified atom stereocenters. The van der Waals surface area contributed by atoms with Crippen molar-refractivity contribution in [2.24, 2.45) is 0 Å². The summed E-state index contributed by atoms with van der Waals surface area (Å²) in [5, 5.41) is 3.24. The first-order valence-corrected chi connectivity index (χ1v) is 10.5. The van der Waals surface area contributed by atoms with Crippen LogP contribution in [0.4, 0.5) is 5.69 Å². The normalized spacial score (nSPS) is 14.1. The Morgan fingerprint density at radius 3 is 2.45 bits per heavy atom. The lowest BCUT2D eigenvalue weighted by atomic mass is 10.0. The molecule has 3 rings (SSSR count). The number of para-hydroxylation sites is 1. The molecule has 0 spiro atoms. The van der Waals surface area contributed by atoms with E-state index in [1.54, 1.807) is 19.2 Å². The number of hydrogen-bond acceptors (Lipinski definition) is 5. The minimum atomic E-state index is -0.338. The molecule has 164 valence electrons. The van der Waals surface area contributed by atoms with E-state index in [-0.39, 0.29) is 23.6 Å². The second kappa shape index (κ2) is 9.79. The second-order valence-corrected chi connectivity index (χ2v) is 7.93. The molecule has 0 atom stereocenters. The van der Waals surface area contributed by atoms with Gasteiger partial charge in [-0.05, 0) is 51.8 Å². The smallest absolute Gasteiger partial charge is 0.278 e. The number of carbonyl (C=O) groups excluding carboxylic acids is 2. The zero-order chi connectivity index (χ0) is 22.5. The highest BCUT2D eigenvalue weighted by Crippen LogP contribution is 2.35. The van der Waals surface area contributed by atoms with Crippen LogP contribution in [0.3, 0.4) is 0 Å². The number of rotatable bonds is 9. The number of benzene rings is 2. The molecule has 1 N–H and O–H groups in total. The summed E-state index contributed by atoms with van der Waals surface area (Å²) in [5.74, 6) is -0.120. The van der Waals surface area contributed by atoms with Crippen LogP contribution in [0.2, 0.25) is 0 Å². The number of carbonyl (C=O) groups is 2. The van der Waals surface area contributed by atoms with Gasteiger partial charge in [0.15, 0.2) is 0 Å². The maximum atomic E-state index is 13.4. The van der Waals surface area contributed by atoms with Crippen LogP contribution in [0.5, 0.6) is 5.75 Å². The third kappa shape index (κ3) is 4.97. The van der Waals surface area contributed by atoms with Gasteiger partial charge in [-0.1, -0.05) is 35.9 Å². The summed E-state index contributed by atoms with van der Waals surface area (Å²) in [6.45, 7) is 8.68. The number of hydrogen-bond donors (Lipinski definition) is 1. The van der Waals surface area contributed by atoms with E-state index >= 15 is 0 Å². The summed E-state index contributed by atoms with van der Waals surface area (Å²) < 4.78 is 11.0. The van der Waals surface area contributed by atoms with Gasteiger partial charge in [-0.25, -0.2) is 0 Å². The van der Waals surface area contributed by atoms with Gasteiger partial charge in [-0.3, -0.25) is 14.5 Å². The van der Waals surface area contributed by atoms with Crippen molar-refractivity contribution >= 4 is 23.1 Å². The van der Waals surface area contributed by atoms with Crippen molar-refractivity contribution < 1.29 is 19.1 Å². The van der Waals surface area contributed by atoms with Gasteiger partial charge in [0, 0.05) is 24.4 Å². The summed E-state index contributed by atoms with van der Waals surface area (Å²) >= 11 is 0.